The van der Waals surface area contributed by atoms with Gasteiger partial charge in [0.15, 0.2) is 0 Å². The van der Waals surface area contributed by atoms with Crippen molar-refractivity contribution in [3.8, 4) is 0 Å². The van der Waals surface area contributed by atoms with Crippen molar-refractivity contribution >= 4 is 0 Å². The van der Waals surface area contributed by atoms with E-state index in [0.717, 1.165) is 13.2 Å². The Morgan fingerprint density at radius 3 is 2.33 bits per heavy atom. The molecule has 0 aromatic rings. The molecule has 0 fully saturated rings. The SMILES string of the molecule is CC(C)OCCN(C)C(C)CO. The van der Waals surface area contributed by atoms with Crippen LogP contribution in [0.3, 0.4) is 0 Å². The minimum Gasteiger partial charge on any atom is -0.395 e. The van der Waals surface area contributed by atoms with Gasteiger partial charge in [-0.3, -0.25) is 4.90 Å². The van der Waals surface area contributed by atoms with Gasteiger partial charge >= 0.3 is 0 Å². The van der Waals surface area contributed by atoms with E-state index >= 15 is 0 Å². The predicted octanol–water partition coefficient (Wildman–Crippen LogP) is 0.724. The summed E-state index contributed by atoms with van der Waals surface area (Å²) in [5.41, 5.74) is 0. The number of nitrogens with zero attached hydrogens (tertiary/aromatic N) is 1. The quantitative estimate of drug-likeness (QED) is 0.646. The second kappa shape index (κ2) is 6.40. The first kappa shape index (κ1) is 11.9. The van der Waals surface area contributed by atoms with Gasteiger partial charge in [0.05, 0.1) is 19.3 Å². The highest BCUT2D eigenvalue weighted by Crippen LogP contribution is 1.94. The van der Waals surface area contributed by atoms with Gasteiger partial charge in [-0.05, 0) is 27.8 Å². The Morgan fingerprint density at radius 2 is 1.92 bits per heavy atom. The molecule has 0 aliphatic heterocycles. The van der Waals surface area contributed by atoms with Crippen LogP contribution in [0.4, 0.5) is 0 Å². The van der Waals surface area contributed by atoms with Crippen LogP contribution in [0.1, 0.15) is 20.8 Å². The largest absolute Gasteiger partial charge is 0.395 e. The van der Waals surface area contributed by atoms with Crippen LogP contribution in [0.2, 0.25) is 0 Å². The number of hydrogen-bond acceptors (Lipinski definition) is 3. The fourth-order valence-electron chi connectivity index (χ4n) is 0.792. The predicted molar refractivity (Wildman–Crippen MR) is 50.3 cm³/mol. The van der Waals surface area contributed by atoms with Gasteiger partial charge in [0.1, 0.15) is 0 Å². The summed E-state index contributed by atoms with van der Waals surface area (Å²) in [6.07, 6.45) is 0.294. The van der Waals surface area contributed by atoms with Crippen LogP contribution in [0.25, 0.3) is 0 Å². The summed E-state index contributed by atoms with van der Waals surface area (Å²) in [4.78, 5) is 2.09. The Bertz CT molecular complexity index is 107. The molecule has 12 heavy (non-hydrogen) atoms. The zero-order valence-electron chi connectivity index (χ0n) is 8.58. The molecule has 3 heteroatoms. The summed E-state index contributed by atoms with van der Waals surface area (Å²) in [5, 5.41) is 8.83. The van der Waals surface area contributed by atoms with Gasteiger partial charge in [-0.15, -0.1) is 0 Å². The highest BCUT2D eigenvalue weighted by atomic mass is 16.5. The molecule has 0 aliphatic rings. The first-order valence-electron chi connectivity index (χ1n) is 4.50. The molecule has 0 heterocycles. The zero-order chi connectivity index (χ0) is 9.56. The molecule has 0 bridgehead atoms. The van der Waals surface area contributed by atoms with E-state index in [0.29, 0.717) is 6.10 Å². The van der Waals surface area contributed by atoms with Gasteiger partial charge in [0.2, 0.25) is 0 Å². The Labute approximate surface area is 75.3 Å². The molecule has 0 amide bonds. The fraction of sp³-hybridized carbons (Fsp3) is 1.00. The Hall–Kier alpha value is -0.120. The maximum Gasteiger partial charge on any atom is 0.0596 e. The molecule has 0 aliphatic carbocycles. The summed E-state index contributed by atoms with van der Waals surface area (Å²) in [7, 11) is 1.99. The molecule has 1 N–H and O–H groups in total. The van der Waals surface area contributed by atoms with E-state index in [1.54, 1.807) is 0 Å². The van der Waals surface area contributed by atoms with E-state index in [-0.39, 0.29) is 12.6 Å². The number of ether oxygens (including phenoxy) is 1. The van der Waals surface area contributed by atoms with Crippen molar-refractivity contribution in [1.82, 2.24) is 4.90 Å². The summed E-state index contributed by atoms with van der Waals surface area (Å²) in [6, 6.07) is 0.223. The monoisotopic (exact) mass is 175 g/mol. The molecule has 0 aromatic heterocycles. The molecule has 74 valence electrons. The summed E-state index contributed by atoms with van der Waals surface area (Å²) in [5.74, 6) is 0. The number of hydrogen-bond donors (Lipinski definition) is 1. The van der Waals surface area contributed by atoms with E-state index in [2.05, 4.69) is 4.90 Å². The fourth-order valence-corrected chi connectivity index (χ4v) is 0.792. The normalized spacial score (nSPS) is 14.2. The molecule has 0 rings (SSSR count). The van der Waals surface area contributed by atoms with Crippen molar-refractivity contribution in [1.29, 1.82) is 0 Å². The lowest BCUT2D eigenvalue weighted by atomic mass is 10.3. The van der Waals surface area contributed by atoms with E-state index in [1.165, 1.54) is 0 Å². The first-order valence-corrected chi connectivity index (χ1v) is 4.50. The summed E-state index contributed by atoms with van der Waals surface area (Å²) >= 11 is 0. The van der Waals surface area contributed by atoms with Crippen molar-refractivity contribution in [2.75, 3.05) is 26.8 Å². The number of aliphatic hydroxyl groups is 1. The number of rotatable bonds is 6. The van der Waals surface area contributed by atoms with Crippen LogP contribution in [0, 0.1) is 0 Å². The molecular formula is C9H21NO2. The average molecular weight is 175 g/mol. The molecular weight excluding hydrogens is 154 g/mol. The van der Waals surface area contributed by atoms with Crippen LogP contribution in [0.5, 0.6) is 0 Å². The molecule has 0 aromatic carbocycles. The third-order valence-electron chi connectivity index (χ3n) is 1.91. The van der Waals surface area contributed by atoms with E-state index < -0.39 is 0 Å². The van der Waals surface area contributed by atoms with Gasteiger partial charge in [-0.1, -0.05) is 0 Å². The van der Waals surface area contributed by atoms with Crippen molar-refractivity contribution in [2.45, 2.75) is 32.9 Å². The minimum atomic E-state index is 0.207. The second-order valence-corrected chi connectivity index (χ2v) is 3.43. The van der Waals surface area contributed by atoms with Crippen LogP contribution in [-0.2, 0) is 4.74 Å². The van der Waals surface area contributed by atoms with Gasteiger partial charge in [-0.2, -0.15) is 0 Å². The Balaban J connectivity index is 3.37. The highest BCUT2D eigenvalue weighted by molar-refractivity contribution is 4.60. The summed E-state index contributed by atoms with van der Waals surface area (Å²) in [6.45, 7) is 7.86. The highest BCUT2D eigenvalue weighted by Gasteiger charge is 2.06. The molecule has 0 saturated heterocycles. The van der Waals surface area contributed by atoms with Gasteiger partial charge < -0.3 is 9.84 Å². The van der Waals surface area contributed by atoms with Crippen molar-refractivity contribution < 1.29 is 9.84 Å². The Morgan fingerprint density at radius 1 is 1.33 bits per heavy atom. The van der Waals surface area contributed by atoms with Crippen LogP contribution in [0.15, 0.2) is 0 Å². The minimum absolute atomic E-state index is 0.207. The van der Waals surface area contributed by atoms with Crippen molar-refractivity contribution in [3.05, 3.63) is 0 Å². The Kier molecular flexibility index (Phi) is 6.34. The zero-order valence-corrected chi connectivity index (χ0v) is 8.58. The summed E-state index contributed by atoms with van der Waals surface area (Å²) < 4.78 is 5.38. The van der Waals surface area contributed by atoms with Crippen LogP contribution in [-0.4, -0.2) is 49.0 Å². The van der Waals surface area contributed by atoms with Crippen molar-refractivity contribution in [2.24, 2.45) is 0 Å². The lowest BCUT2D eigenvalue weighted by Crippen LogP contribution is -2.34. The first-order chi connectivity index (χ1) is 5.57. The van der Waals surface area contributed by atoms with Crippen molar-refractivity contribution in [3.63, 3.8) is 0 Å². The van der Waals surface area contributed by atoms with E-state index in [4.69, 9.17) is 9.84 Å². The maximum atomic E-state index is 8.83. The topological polar surface area (TPSA) is 32.7 Å². The lowest BCUT2D eigenvalue weighted by Gasteiger charge is -2.22. The average Bonchev–Trinajstić information content (AvgIpc) is 2.02. The molecule has 0 saturated carbocycles. The standard InChI is InChI=1S/C9H21NO2/c1-8(2)12-6-5-10(4)9(3)7-11/h8-9,11H,5-7H2,1-4H3. The smallest absolute Gasteiger partial charge is 0.0596 e. The number of aliphatic hydroxyl groups excluding tert-OH is 1. The van der Waals surface area contributed by atoms with Crippen LogP contribution < -0.4 is 0 Å². The van der Waals surface area contributed by atoms with Gasteiger partial charge in [-0.25, -0.2) is 0 Å². The number of likely N-dealkylation sites (N-methyl/N-ethyl adjacent to an activating group) is 1. The van der Waals surface area contributed by atoms with Crippen LogP contribution >= 0.6 is 0 Å². The molecule has 0 radical (unpaired) electrons. The molecule has 3 nitrogen and oxygen atoms in total. The van der Waals surface area contributed by atoms with E-state index in [9.17, 15) is 0 Å². The maximum absolute atomic E-state index is 8.83. The third kappa shape index (κ3) is 5.52. The molecule has 1 unspecified atom stereocenters. The molecule has 1 atom stereocenters. The molecule has 0 spiro atoms. The van der Waals surface area contributed by atoms with Gasteiger partial charge in [0.25, 0.3) is 0 Å². The second-order valence-electron chi connectivity index (χ2n) is 3.43. The van der Waals surface area contributed by atoms with Gasteiger partial charge in [0, 0.05) is 12.6 Å². The van der Waals surface area contributed by atoms with E-state index in [1.807, 2.05) is 27.8 Å². The lowest BCUT2D eigenvalue weighted by molar-refractivity contribution is 0.0504. The third-order valence-corrected chi connectivity index (χ3v) is 1.91.